The molecule has 1 heterocycles. The van der Waals surface area contributed by atoms with Crippen LogP contribution in [0.25, 0.3) is 0 Å². The zero-order valence-electron chi connectivity index (χ0n) is 6.26. The maximum Gasteiger partial charge on any atom is 0.00900 e. The maximum absolute atomic E-state index is 2.46. The van der Waals surface area contributed by atoms with E-state index in [2.05, 4.69) is 18.9 Å². The van der Waals surface area contributed by atoms with Crippen LogP contribution >= 0.6 is 24.0 Å². The van der Waals surface area contributed by atoms with E-state index in [1.165, 1.54) is 25.8 Å². The van der Waals surface area contributed by atoms with E-state index in [0.717, 1.165) is 6.04 Å². The van der Waals surface area contributed by atoms with Gasteiger partial charge in [-0.15, -0.1) is 24.0 Å². The standard InChI is InChI=1S/C7H15N.HI/c1-3-7-5-4-6-8(7)2;/h7H,3-6H2,1-2H3;1H. The number of halogens is 1. The number of hydrogen-bond donors (Lipinski definition) is 0. The van der Waals surface area contributed by atoms with Gasteiger partial charge in [0, 0.05) is 6.04 Å². The molecular weight excluding hydrogens is 225 g/mol. The van der Waals surface area contributed by atoms with Gasteiger partial charge in [-0.05, 0) is 32.9 Å². The molecule has 0 radical (unpaired) electrons. The average molecular weight is 241 g/mol. The molecule has 0 N–H and O–H groups in total. The third kappa shape index (κ3) is 2.42. The van der Waals surface area contributed by atoms with Gasteiger partial charge in [0.05, 0.1) is 0 Å². The van der Waals surface area contributed by atoms with Crippen LogP contribution in [-0.2, 0) is 0 Å². The molecule has 0 aromatic rings. The molecule has 1 unspecified atom stereocenters. The molecule has 0 bridgehead atoms. The Bertz CT molecular complexity index is 75.3. The summed E-state index contributed by atoms with van der Waals surface area (Å²) in [4.78, 5) is 2.46. The van der Waals surface area contributed by atoms with Gasteiger partial charge in [0.15, 0.2) is 0 Å². The summed E-state index contributed by atoms with van der Waals surface area (Å²) in [6.45, 7) is 3.59. The van der Waals surface area contributed by atoms with Crippen molar-refractivity contribution in [1.29, 1.82) is 0 Å². The van der Waals surface area contributed by atoms with Gasteiger partial charge in [0.2, 0.25) is 0 Å². The Kier molecular flexibility index (Phi) is 4.84. The zero-order chi connectivity index (χ0) is 5.98. The highest BCUT2D eigenvalue weighted by Crippen LogP contribution is 2.16. The molecule has 1 aliphatic rings. The molecule has 1 atom stereocenters. The predicted molar refractivity (Wildman–Crippen MR) is 51.4 cm³/mol. The number of nitrogens with zero attached hydrogens (tertiary/aromatic N) is 1. The topological polar surface area (TPSA) is 3.24 Å². The fourth-order valence-corrected chi connectivity index (χ4v) is 1.50. The Hall–Kier alpha value is 0.690. The number of hydrogen-bond acceptors (Lipinski definition) is 1. The van der Waals surface area contributed by atoms with E-state index < -0.39 is 0 Å². The van der Waals surface area contributed by atoms with Gasteiger partial charge in [-0.2, -0.15) is 0 Å². The maximum atomic E-state index is 2.46. The van der Waals surface area contributed by atoms with Crippen molar-refractivity contribution in [3.63, 3.8) is 0 Å². The minimum atomic E-state index is 0. The highest BCUT2D eigenvalue weighted by molar-refractivity contribution is 14.0. The van der Waals surface area contributed by atoms with Crippen LogP contribution < -0.4 is 0 Å². The van der Waals surface area contributed by atoms with E-state index in [9.17, 15) is 0 Å². The lowest BCUT2D eigenvalue weighted by molar-refractivity contribution is 0.304. The molecular formula is C7H16IN. The lowest BCUT2D eigenvalue weighted by Gasteiger charge is -2.16. The van der Waals surface area contributed by atoms with Crippen LogP contribution in [0.15, 0.2) is 0 Å². The second kappa shape index (κ2) is 4.50. The fraction of sp³-hybridized carbons (Fsp3) is 1.00. The van der Waals surface area contributed by atoms with Crippen LogP contribution in [0.2, 0.25) is 0 Å². The summed E-state index contributed by atoms with van der Waals surface area (Å²) >= 11 is 0. The van der Waals surface area contributed by atoms with Gasteiger partial charge >= 0.3 is 0 Å². The van der Waals surface area contributed by atoms with Gasteiger partial charge in [-0.1, -0.05) is 6.92 Å². The Morgan fingerprint density at radius 1 is 1.56 bits per heavy atom. The van der Waals surface area contributed by atoms with Crippen molar-refractivity contribution in [1.82, 2.24) is 4.90 Å². The van der Waals surface area contributed by atoms with Gasteiger partial charge < -0.3 is 4.90 Å². The second-order valence-electron chi connectivity index (χ2n) is 2.68. The average Bonchev–Trinajstić information content (AvgIpc) is 2.14. The first-order valence-electron chi connectivity index (χ1n) is 3.55. The Labute approximate surface area is 74.8 Å². The summed E-state index contributed by atoms with van der Waals surface area (Å²) in [5, 5.41) is 0. The molecule has 0 spiro atoms. The molecule has 1 saturated heterocycles. The summed E-state index contributed by atoms with van der Waals surface area (Å²) in [5.41, 5.74) is 0. The highest BCUT2D eigenvalue weighted by atomic mass is 127. The first-order valence-corrected chi connectivity index (χ1v) is 3.55. The van der Waals surface area contributed by atoms with Crippen molar-refractivity contribution in [3.8, 4) is 0 Å². The number of rotatable bonds is 1. The normalized spacial score (nSPS) is 28.0. The third-order valence-corrected chi connectivity index (χ3v) is 2.14. The smallest absolute Gasteiger partial charge is 0.00900 e. The molecule has 1 nitrogen and oxygen atoms in total. The Balaban J connectivity index is 0.000000640. The molecule has 0 aliphatic carbocycles. The van der Waals surface area contributed by atoms with E-state index in [0.29, 0.717) is 0 Å². The van der Waals surface area contributed by atoms with Crippen LogP contribution in [0, 0.1) is 0 Å². The number of likely N-dealkylation sites (tertiary alicyclic amines) is 1. The SMILES string of the molecule is CCC1CCCN1C.I. The largest absolute Gasteiger partial charge is 0.303 e. The van der Waals surface area contributed by atoms with Gasteiger partial charge in [0.25, 0.3) is 0 Å². The molecule has 2 heteroatoms. The van der Waals surface area contributed by atoms with Crippen LogP contribution in [0.5, 0.6) is 0 Å². The first kappa shape index (κ1) is 9.69. The van der Waals surface area contributed by atoms with Crippen molar-refractivity contribution >= 4 is 24.0 Å². The summed E-state index contributed by atoms with van der Waals surface area (Å²) in [7, 11) is 2.22. The van der Waals surface area contributed by atoms with Gasteiger partial charge in [-0.25, -0.2) is 0 Å². The van der Waals surface area contributed by atoms with E-state index >= 15 is 0 Å². The zero-order valence-corrected chi connectivity index (χ0v) is 8.59. The third-order valence-electron chi connectivity index (χ3n) is 2.14. The molecule has 1 aliphatic heterocycles. The van der Waals surface area contributed by atoms with Crippen molar-refractivity contribution in [2.24, 2.45) is 0 Å². The van der Waals surface area contributed by atoms with E-state index in [1.807, 2.05) is 0 Å². The lowest BCUT2D eigenvalue weighted by Crippen LogP contribution is -2.23. The van der Waals surface area contributed by atoms with E-state index in [-0.39, 0.29) is 24.0 Å². The molecule has 1 rings (SSSR count). The molecule has 0 saturated carbocycles. The van der Waals surface area contributed by atoms with Crippen LogP contribution in [0.1, 0.15) is 26.2 Å². The van der Waals surface area contributed by atoms with Crippen molar-refractivity contribution in [2.75, 3.05) is 13.6 Å². The van der Waals surface area contributed by atoms with E-state index in [4.69, 9.17) is 0 Å². The highest BCUT2D eigenvalue weighted by Gasteiger charge is 2.17. The van der Waals surface area contributed by atoms with Crippen molar-refractivity contribution in [2.45, 2.75) is 32.2 Å². The quantitative estimate of drug-likeness (QED) is 0.635. The molecule has 56 valence electrons. The van der Waals surface area contributed by atoms with Crippen LogP contribution in [0.3, 0.4) is 0 Å². The van der Waals surface area contributed by atoms with Gasteiger partial charge in [0.1, 0.15) is 0 Å². The van der Waals surface area contributed by atoms with Crippen LogP contribution in [0.4, 0.5) is 0 Å². The van der Waals surface area contributed by atoms with Crippen molar-refractivity contribution in [3.05, 3.63) is 0 Å². The Morgan fingerprint density at radius 2 is 2.22 bits per heavy atom. The molecule has 9 heavy (non-hydrogen) atoms. The predicted octanol–water partition coefficient (Wildman–Crippen LogP) is 2.11. The summed E-state index contributed by atoms with van der Waals surface area (Å²) in [5.74, 6) is 0. The van der Waals surface area contributed by atoms with Crippen LogP contribution in [-0.4, -0.2) is 24.5 Å². The first-order chi connectivity index (χ1) is 3.84. The summed E-state index contributed by atoms with van der Waals surface area (Å²) in [6, 6.07) is 0.898. The minimum absolute atomic E-state index is 0. The fourth-order valence-electron chi connectivity index (χ4n) is 1.50. The van der Waals surface area contributed by atoms with Gasteiger partial charge in [-0.3, -0.25) is 0 Å². The van der Waals surface area contributed by atoms with E-state index in [1.54, 1.807) is 0 Å². The molecule has 0 aromatic carbocycles. The lowest BCUT2D eigenvalue weighted by atomic mass is 10.2. The molecule has 0 aromatic heterocycles. The Morgan fingerprint density at radius 3 is 2.44 bits per heavy atom. The monoisotopic (exact) mass is 241 g/mol. The van der Waals surface area contributed by atoms with Crippen molar-refractivity contribution < 1.29 is 0 Å². The summed E-state index contributed by atoms with van der Waals surface area (Å²) < 4.78 is 0. The molecule has 0 amide bonds. The minimum Gasteiger partial charge on any atom is -0.303 e. The molecule has 1 fully saturated rings. The summed E-state index contributed by atoms with van der Waals surface area (Å²) in [6.07, 6.45) is 4.17. The second-order valence-corrected chi connectivity index (χ2v) is 2.68.